The summed E-state index contributed by atoms with van der Waals surface area (Å²) in [6.07, 6.45) is -0.0513. The minimum atomic E-state index is -3.76. The van der Waals surface area contributed by atoms with Crippen LogP contribution in [-0.4, -0.2) is 31.9 Å². The van der Waals surface area contributed by atoms with Crippen LogP contribution in [0, 0.1) is 12.8 Å². The molecule has 3 rings (SSSR count). The molecule has 26 heavy (non-hydrogen) atoms. The standard InChI is InChI=1S/C18H18N2O5S/c1-12-3-2-4-14(9-12)19-26(24,25)16-7-5-15(6-8-16)20-11-13(18(22)23)10-17(20)21/h2-9,13,19H,10-11H2,1H3,(H,22,23)/t13-/m0/s1. The third kappa shape index (κ3) is 3.70. The van der Waals surface area contributed by atoms with Crippen LogP contribution in [0.25, 0.3) is 0 Å². The van der Waals surface area contributed by atoms with Crippen LogP contribution in [0.5, 0.6) is 0 Å². The highest BCUT2D eigenvalue weighted by atomic mass is 32.2. The molecular weight excluding hydrogens is 356 g/mol. The number of hydrogen-bond acceptors (Lipinski definition) is 4. The molecule has 0 bridgehead atoms. The molecule has 1 fully saturated rings. The Morgan fingerprint density at radius 2 is 1.88 bits per heavy atom. The molecule has 2 aromatic rings. The van der Waals surface area contributed by atoms with Gasteiger partial charge in [-0.2, -0.15) is 0 Å². The number of nitrogens with zero attached hydrogens (tertiary/aromatic N) is 1. The van der Waals surface area contributed by atoms with Gasteiger partial charge in [-0.15, -0.1) is 0 Å². The van der Waals surface area contributed by atoms with E-state index in [0.717, 1.165) is 5.56 Å². The summed E-state index contributed by atoms with van der Waals surface area (Å²) >= 11 is 0. The molecule has 136 valence electrons. The molecule has 0 aromatic heterocycles. The average molecular weight is 374 g/mol. The lowest BCUT2D eigenvalue weighted by molar-refractivity contribution is -0.141. The zero-order valence-electron chi connectivity index (χ0n) is 14.0. The highest BCUT2D eigenvalue weighted by Gasteiger charge is 2.35. The van der Waals surface area contributed by atoms with Crippen LogP contribution >= 0.6 is 0 Å². The van der Waals surface area contributed by atoms with E-state index in [0.29, 0.717) is 11.4 Å². The van der Waals surface area contributed by atoms with E-state index in [2.05, 4.69) is 4.72 Å². The van der Waals surface area contributed by atoms with Gasteiger partial charge in [-0.3, -0.25) is 14.3 Å². The van der Waals surface area contributed by atoms with Crippen molar-refractivity contribution in [3.63, 3.8) is 0 Å². The van der Waals surface area contributed by atoms with E-state index in [1.54, 1.807) is 18.2 Å². The number of rotatable bonds is 5. The average Bonchev–Trinajstić information content (AvgIpc) is 2.97. The van der Waals surface area contributed by atoms with Crippen molar-refractivity contribution in [3.8, 4) is 0 Å². The molecule has 1 aliphatic rings. The topological polar surface area (TPSA) is 104 Å². The number of carbonyl (C=O) groups is 2. The Balaban J connectivity index is 1.79. The first-order valence-electron chi connectivity index (χ1n) is 7.99. The molecule has 1 heterocycles. The number of amides is 1. The largest absolute Gasteiger partial charge is 0.481 e. The van der Waals surface area contributed by atoms with Crippen molar-refractivity contribution in [1.82, 2.24) is 0 Å². The first-order chi connectivity index (χ1) is 12.3. The van der Waals surface area contributed by atoms with Gasteiger partial charge < -0.3 is 10.0 Å². The van der Waals surface area contributed by atoms with E-state index < -0.39 is 21.9 Å². The van der Waals surface area contributed by atoms with E-state index in [1.807, 2.05) is 13.0 Å². The number of aliphatic carboxylic acids is 1. The summed E-state index contributed by atoms with van der Waals surface area (Å²) in [5, 5.41) is 9.04. The third-order valence-corrected chi connectivity index (χ3v) is 5.60. The van der Waals surface area contributed by atoms with Crippen LogP contribution in [0.4, 0.5) is 11.4 Å². The van der Waals surface area contributed by atoms with E-state index in [9.17, 15) is 18.0 Å². The maximum absolute atomic E-state index is 12.5. The molecule has 1 aliphatic heterocycles. The second-order valence-electron chi connectivity index (χ2n) is 6.21. The van der Waals surface area contributed by atoms with Gasteiger partial charge in [-0.25, -0.2) is 8.42 Å². The summed E-state index contributed by atoms with van der Waals surface area (Å²) in [6.45, 7) is 1.95. The van der Waals surface area contributed by atoms with Crippen LogP contribution in [0.3, 0.4) is 0 Å². The highest BCUT2D eigenvalue weighted by molar-refractivity contribution is 7.92. The predicted molar refractivity (Wildman–Crippen MR) is 96.5 cm³/mol. The molecule has 8 heteroatoms. The van der Waals surface area contributed by atoms with Crippen molar-refractivity contribution in [1.29, 1.82) is 0 Å². The van der Waals surface area contributed by atoms with Gasteiger partial charge in [0.05, 0.1) is 10.8 Å². The molecule has 0 unspecified atom stereocenters. The molecular formula is C18H18N2O5S. The van der Waals surface area contributed by atoms with Crippen molar-refractivity contribution in [2.75, 3.05) is 16.2 Å². The van der Waals surface area contributed by atoms with Crippen LogP contribution in [-0.2, 0) is 19.6 Å². The molecule has 2 N–H and O–H groups in total. The number of carboxylic acid groups (broad SMARTS) is 1. The molecule has 1 saturated heterocycles. The number of carbonyl (C=O) groups excluding carboxylic acids is 1. The second-order valence-corrected chi connectivity index (χ2v) is 7.89. The van der Waals surface area contributed by atoms with Crippen molar-refractivity contribution in [3.05, 3.63) is 54.1 Å². The van der Waals surface area contributed by atoms with Crippen molar-refractivity contribution in [2.45, 2.75) is 18.2 Å². The van der Waals surface area contributed by atoms with Crippen LogP contribution in [0.15, 0.2) is 53.4 Å². The van der Waals surface area contributed by atoms with Gasteiger partial charge in [0.25, 0.3) is 10.0 Å². The summed E-state index contributed by atoms with van der Waals surface area (Å²) in [5.74, 6) is -2.04. The minimum Gasteiger partial charge on any atom is -0.481 e. The summed E-state index contributed by atoms with van der Waals surface area (Å²) in [6, 6.07) is 12.8. The molecule has 0 aliphatic carbocycles. The number of carboxylic acids is 1. The van der Waals surface area contributed by atoms with Gasteiger partial charge >= 0.3 is 5.97 Å². The van der Waals surface area contributed by atoms with Gasteiger partial charge in [0.1, 0.15) is 0 Å². The smallest absolute Gasteiger partial charge is 0.308 e. The highest BCUT2D eigenvalue weighted by Crippen LogP contribution is 2.27. The Bertz CT molecular complexity index is 954. The summed E-state index contributed by atoms with van der Waals surface area (Å²) in [4.78, 5) is 24.4. The quantitative estimate of drug-likeness (QED) is 0.835. The van der Waals surface area contributed by atoms with Gasteiger partial charge in [0.2, 0.25) is 5.91 Å². The molecule has 1 amide bonds. The molecule has 0 spiro atoms. The van der Waals surface area contributed by atoms with Crippen LogP contribution < -0.4 is 9.62 Å². The number of aryl methyl sites for hydroxylation is 1. The molecule has 0 saturated carbocycles. The lowest BCUT2D eigenvalue weighted by Gasteiger charge is -2.16. The van der Waals surface area contributed by atoms with Gasteiger partial charge in [0.15, 0.2) is 0 Å². The first-order valence-corrected chi connectivity index (χ1v) is 9.47. The van der Waals surface area contributed by atoms with Crippen molar-refractivity contribution in [2.24, 2.45) is 5.92 Å². The van der Waals surface area contributed by atoms with Gasteiger partial charge in [-0.1, -0.05) is 12.1 Å². The first kappa shape index (κ1) is 17.9. The molecule has 0 radical (unpaired) electrons. The number of benzene rings is 2. The van der Waals surface area contributed by atoms with E-state index in [4.69, 9.17) is 5.11 Å². The number of anilines is 2. The number of sulfonamides is 1. The van der Waals surface area contributed by atoms with E-state index >= 15 is 0 Å². The number of nitrogens with one attached hydrogen (secondary N) is 1. The minimum absolute atomic E-state index is 0.0513. The third-order valence-electron chi connectivity index (χ3n) is 4.20. The van der Waals surface area contributed by atoms with Gasteiger partial charge in [-0.05, 0) is 48.9 Å². The monoisotopic (exact) mass is 374 g/mol. The Kier molecular flexibility index (Phi) is 4.69. The normalized spacial score (nSPS) is 17.3. The SMILES string of the molecule is Cc1cccc(NS(=O)(=O)c2ccc(N3C[C@@H](C(=O)O)CC3=O)cc2)c1. The Labute approximate surface area is 151 Å². The number of hydrogen-bond donors (Lipinski definition) is 2. The maximum Gasteiger partial charge on any atom is 0.308 e. The fourth-order valence-corrected chi connectivity index (χ4v) is 3.90. The van der Waals surface area contributed by atoms with Crippen molar-refractivity contribution < 1.29 is 23.1 Å². The van der Waals surface area contributed by atoms with Crippen LogP contribution in [0.1, 0.15) is 12.0 Å². The molecule has 2 aromatic carbocycles. The lowest BCUT2D eigenvalue weighted by atomic mass is 10.1. The summed E-state index contributed by atoms with van der Waals surface area (Å²) in [7, 11) is -3.76. The Morgan fingerprint density at radius 1 is 1.19 bits per heavy atom. The van der Waals surface area contributed by atoms with Gasteiger partial charge in [0, 0.05) is 24.3 Å². The maximum atomic E-state index is 12.5. The summed E-state index contributed by atoms with van der Waals surface area (Å²) in [5.41, 5.74) is 1.88. The Hall–Kier alpha value is -2.87. The van der Waals surface area contributed by atoms with E-state index in [1.165, 1.54) is 29.2 Å². The zero-order valence-corrected chi connectivity index (χ0v) is 14.9. The summed E-state index contributed by atoms with van der Waals surface area (Å²) < 4.78 is 27.5. The van der Waals surface area contributed by atoms with Crippen LogP contribution in [0.2, 0.25) is 0 Å². The van der Waals surface area contributed by atoms with E-state index in [-0.39, 0.29) is 23.8 Å². The Morgan fingerprint density at radius 3 is 2.46 bits per heavy atom. The lowest BCUT2D eigenvalue weighted by Crippen LogP contribution is -2.25. The predicted octanol–water partition coefficient (Wildman–Crippen LogP) is 2.23. The fourth-order valence-electron chi connectivity index (χ4n) is 2.85. The fraction of sp³-hybridized carbons (Fsp3) is 0.222. The second kappa shape index (κ2) is 6.80. The molecule has 1 atom stereocenters. The van der Waals surface area contributed by atoms with Crippen molar-refractivity contribution >= 4 is 33.3 Å². The molecule has 7 nitrogen and oxygen atoms in total. The zero-order chi connectivity index (χ0) is 18.9.